The first kappa shape index (κ1) is 18.8. The molecule has 0 saturated heterocycles. The van der Waals surface area contributed by atoms with E-state index in [0.29, 0.717) is 15.6 Å². The Morgan fingerprint density at radius 2 is 1.73 bits per heavy atom. The number of nitrogens with one attached hydrogen (secondary N) is 1. The normalized spacial score (nSPS) is 10.5. The van der Waals surface area contributed by atoms with Crippen molar-refractivity contribution >= 4 is 46.6 Å². The highest BCUT2D eigenvalue weighted by molar-refractivity contribution is 7.98. The van der Waals surface area contributed by atoms with Crippen molar-refractivity contribution in [2.45, 2.75) is 17.1 Å². The van der Waals surface area contributed by atoms with E-state index in [4.69, 9.17) is 23.2 Å². The van der Waals surface area contributed by atoms with Crippen LogP contribution in [0.1, 0.15) is 11.1 Å². The van der Waals surface area contributed by atoms with Crippen molar-refractivity contribution in [3.8, 4) is 0 Å². The van der Waals surface area contributed by atoms with Crippen LogP contribution in [0.5, 0.6) is 0 Å². The van der Waals surface area contributed by atoms with Crippen LogP contribution in [0, 0.1) is 0 Å². The molecule has 0 bridgehead atoms. The molecular formula is C20H16Cl2N2OS. The topological polar surface area (TPSA) is 42.0 Å². The average molecular weight is 403 g/mol. The second-order valence-electron chi connectivity index (χ2n) is 5.60. The third kappa shape index (κ3) is 5.24. The van der Waals surface area contributed by atoms with Gasteiger partial charge in [-0.25, -0.2) is 0 Å². The van der Waals surface area contributed by atoms with E-state index in [9.17, 15) is 4.79 Å². The summed E-state index contributed by atoms with van der Waals surface area (Å²) in [5.41, 5.74) is 2.55. The van der Waals surface area contributed by atoms with Gasteiger partial charge in [-0.05, 0) is 53.6 Å². The minimum atomic E-state index is -0.157. The number of carbonyl (C=O) groups is 1. The summed E-state index contributed by atoms with van der Waals surface area (Å²) < 4.78 is 0. The van der Waals surface area contributed by atoms with Gasteiger partial charge in [0, 0.05) is 38.8 Å². The molecule has 0 aliphatic carbocycles. The van der Waals surface area contributed by atoms with Gasteiger partial charge in [0.15, 0.2) is 0 Å². The molecule has 0 spiro atoms. The van der Waals surface area contributed by atoms with Gasteiger partial charge in [-0.3, -0.25) is 9.78 Å². The van der Waals surface area contributed by atoms with Gasteiger partial charge in [-0.15, -0.1) is 11.8 Å². The number of pyridine rings is 1. The maximum Gasteiger partial charge on any atom is 0.228 e. The third-order valence-electron chi connectivity index (χ3n) is 3.67. The Morgan fingerprint density at radius 1 is 1.00 bits per heavy atom. The highest BCUT2D eigenvalue weighted by Gasteiger charge is 2.11. The Bertz CT molecular complexity index is 866. The predicted molar refractivity (Wildman–Crippen MR) is 109 cm³/mol. The molecule has 2 aromatic carbocycles. The zero-order valence-electron chi connectivity index (χ0n) is 13.8. The van der Waals surface area contributed by atoms with Crippen LogP contribution in [0.15, 0.2) is 71.9 Å². The van der Waals surface area contributed by atoms with Crippen molar-refractivity contribution < 1.29 is 4.79 Å². The number of anilines is 1. The lowest BCUT2D eigenvalue weighted by atomic mass is 10.1. The average Bonchev–Trinajstić information content (AvgIpc) is 2.65. The maximum absolute atomic E-state index is 12.2. The van der Waals surface area contributed by atoms with Gasteiger partial charge < -0.3 is 5.32 Å². The highest BCUT2D eigenvalue weighted by Crippen LogP contribution is 2.26. The quantitative estimate of drug-likeness (QED) is 0.524. The van der Waals surface area contributed by atoms with Gasteiger partial charge in [0.2, 0.25) is 5.91 Å². The Labute approximate surface area is 166 Å². The fourth-order valence-corrected chi connectivity index (χ4v) is 3.72. The van der Waals surface area contributed by atoms with Gasteiger partial charge in [0.25, 0.3) is 0 Å². The number of aromatic nitrogens is 1. The number of thioether (sulfide) groups is 1. The summed E-state index contributed by atoms with van der Waals surface area (Å²) >= 11 is 13.9. The van der Waals surface area contributed by atoms with E-state index in [-0.39, 0.29) is 12.3 Å². The first-order chi connectivity index (χ1) is 12.6. The Morgan fingerprint density at radius 3 is 2.38 bits per heavy atom. The monoisotopic (exact) mass is 402 g/mol. The van der Waals surface area contributed by atoms with Crippen molar-refractivity contribution in [1.29, 1.82) is 0 Å². The van der Waals surface area contributed by atoms with Crippen molar-refractivity contribution in [2.75, 3.05) is 5.32 Å². The van der Waals surface area contributed by atoms with Crippen molar-refractivity contribution in [2.24, 2.45) is 0 Å². The smallest absolute Gasteiger partial charge is 0.228 e. The molecule has 3 aromatic rings. The van der Waals surface area contributed by atoms with E-state index in [1.54, 1.807) is 36.2 Å². The van der Waals surface area contributed by atoms with E-state index in [2.05, 4.69) is 16.4 Å². The van der Waals surface area contributed by atoms with E-state index < -0.39 is 0 Å². The molecule has 6 heteroatoms. The molecule has 1 N–H and O–H groups in total. The van der Waals surface area contributed by atoms with Gasteiger partial charge in [-0.1, -0.05) is 35.3 Å². The number of nitrogens with zero attached hydrogens (tertiary/aromatic N) is 1. The van der Waals surface area contributed by atoms with Crippen LogP contribution < -0.4 is 5.32 Å². The van der Waals surface area contributed by atoms with Crippen LogP contribution in [0.2, 0.25) is 10.0 Å². The molecule has 0 aliphatic heterocycles. The summed E-state index contributed by atoms with van der Waals surface area (Å²) in [5.74, 6) is 0.695. The molecule has 3 rings (SSSR count). The summed E-state index contributed by atoms with van der Waals surface area (Å²) in [5, 5.41) is 3.86. The molecule has 0 aliphatic rings. The fraction of sp³-hybridized carbons (Fsp3) is 0.100. The number of carbonyl (C=O) groups excluding carboxylic acids is 1. The summed E-state index contributed by atoms with van der Waals surface area (Å²) in [7, 11) is 0. The molecule has 1 aromatic heterocycles. The summed E-state index contributed by atoms with van der Waals surface area (Å²) in [6.07, 6.45) is 3.76. The molecule has 26 heavy (non-hydrogen) atoms. The van der Waals surface area contributed by atoms with Gasteiger partial charge in [0.05, 0.1) is 6.42 Å². The second-order valence-corrected chi connectivity index (χ2v) is 7.46. The van der Waals surface area contributed by atoms with Crippen molar-refractivity contribution in [1.82, 2.24) is 4.98 Å². The lowest BCUT2D eigenvalue weighted by Crippen LogP contribution is -2.14. The SMILES string of the molecule is O=C(Cc1c(Cl)cccc1Cl)Nc1ccc(SCc2cccnc2)cc1. The summed E-state index contributed by atoms with van der Waals surface area (Å²) in [4.78, 5) is 17.5. The molecular weight excluding hydrogens is 387 g/mol. The van der Waals surface area contributed by atoms with Crippen molar-refractivity contribution in [3.63, 3.8) is 0 Å². The minimum Gasteiger partial charge on any atom is -0.326 e. The summed E-state index contributed by atoms with van der Waals surface area (Å²) in [6, 6.07) is 16.9. The molecule has 0 unspecified atom stereocenters. The maximum atomic E-state index is 12.2. The van der Waals surface area contributed by atoms with E-state index in [0.717, 1.165) is 16.3 Å². The zero-order valence-corrected chi connectivity index (χ0v) is 16.1. The largest absolute Gasteiger partial charge is 0.326 e. The fourth-order valence-electron chi connectivity index (χ4n) is 2.35. The van der Waals surface area contributed by atoms with E-state index in [1.807, 2.05) is 36.5 Å². The first-order valence-corrected chi connectivity index (χ1v) is 9.70. The number of hydrogen-bond acceptors (Lipinski definition) is 3. The van der Waals surface area contributed by atoms with Crippen LogP contribution >= 0.6 is 35.0 Å². The minimum absolute atomic E-state index is 0.135. The molecule has 0 fully saturated rings. The predicted octanol–water partition coefficient (Wildman–Crippen LogP) is 5.86. The van der Waals surface area contributed by atoms with Crippen LogP contribution in [-0.4, -0.2) is 10.9 Å². The van der Waals surface area contributed by atoms with Gasteiger partial charge >= 0.3 is 0 Å². The first-order valence-electron chi connectivity index (χ1n) is 7.96. The van der Waals surface area contributed by atoms with Gasteiger partial charge in [0.1, 0.15) is 0 Å². The zero-order chi connectivity index (χ0) is 18.4. The van der Waals surface area contributed by atoms with E-state index >= 15 is 0 Å². The number of benzene rings is 2. The van der Waals surface area contributed by atoms with Crippen LogP contribution in [0.3, 0.4) is 0 Å². The number of rotatable bonds is 6. The summed E-state index contributed by atoms with van der Waals surface area (Å²) in [6.45, 7) is 0. The van der Waals surface area contributed by atoms with E-state index in [1.165, 1.54) is 5.56 Å². The molecule has 3 nitrogen and oxygen atoms in total. The molecule has 0 saturated carbocycles. The molecule has 1 amide bonds. The van der Waals surface area contributed by atoms with Crippen molar-refractivity contribution in [3.05, 3.63) is 88.2 Å². The number of halogens is 2. The number of hydrogen-bond donors (Lipinski definition) is 1. The Kier molecular flexibility index (Phi) is 6.56. The third-order valence-corrected chi connectivity index (χ3v) is 5.46. The van der Waals surface area contributed by atoms with Gasteiger partial charge in [-0.2, -0.15) is 0 Å². The molecule has 0 radical (unpaired) electrons. The standard InChI is InChI=1S/C20H16Cl2N2OS/c21-18-4-1-5-19(22)17(18)11-20(25)24-15-6-8-16(9-7-15)26-13-14-3-2-10-23-12-14/h1-10,12H,11,13H2,(H,24,25). The highest BCUT2D eigenvalue weighted by atomic mass is 35.5. The van der Waals surface area contributed by atoms with Crippen LogP contribution in [0.4, 0.5) is 5.69 Å². The molecule has 132 valence electrons. The lowest BCUT2D eigenvalue weighted by Gasteiger charge is -2.09. The Balaban J connectivity index is 1.56. The van der Waals surface area contributed by atoms with Crippen LogP contribution in [-0.2, 0) is 17.0 Å². The Hall–Kier alpha value is -2.01. The van der Waals surface area contributed by atoms with Crippen LogP contribution in [0.25, 0.3) is 0 Å². The second kappa shape index (κ2) is 9.08. The lowest BCUT2D eigenvalue weighted by molar-refractivity contribution is -0.115. The molecule has 0 atom stereocenters. The number of amides is 1. The molecule has 1 heterocycles.